The minimum absolute atomic E-state index is 0.808. The van der Waals surface area contributed by atoms with Gasteiger partial charge in [0.1, 0.15) is 0 Å². The summed E-state index contributed by atoms with van der Waals surface area (Å²) in [6, 6.07) is 0. The zero-order valence-corrected chi connectivity index (χ0v) is 10.4. The van der Waals surface area contributed by atoms with Gasteiger partial charge in [-0.05, 0) is 12.3 Å². The highest BCUT2D eigenvalue weighted by Crippen LogP contribution is 2.08. The summed E-state index contributed by atoms with van der Waals surface area (Å²) in [5.74, 6) is 1.76. The third-order valence-electron chi connectivity index (χ3n) is 2.53. The maximum atomic E-state index is 4.27. The standard InChI is InChI=1S/C13H23N3/c1-4-10-16-11-9-15-13(16)14-8-6-5-7-12(2)3/h4,9,11-12H,1,5-8,10H2,2-3H3,(H,14,15). The molecule has 0 amide bonds. The van der Waals surface area contributed by atoms with Crippen LogP contribution in [0.1, 0.15) is 33.1 Å². The molecule has 3 heteroatoms. The van der Waals surface area contributed by atoms with Crippen LogP contribution in [0, 0.1) is 5.92 Å². The first kappa shape index (κ1) is 12.8. The summed E-state index contributed by atoms with van der Waals surface area (Å²) in [4.78, 5) is 4.27. The average molecular weight is 221 g/mol. The van der Waals surface area contributed by atoms with Crippen molar-refractivity contribution in [3.05, 3.63) is 25.0 Å². The van der Waals surface area contributed by atoms with Gasteiger partial charge in [-0.3, -0.25) is 0 Å². The molecule has 1 rings (SSSR count). The number of hydrogen-bond donors (Lipinski definition) is 1. The van der Waals surface area contributed by atoms with Gasteiger partial charge in [0.05, 0.1) is 0 Å². The van der Waals surface area contributed by atoms with Crippen LogP contribution in [0.5, 0.6) is 0 Å². The predicted molar refractivity (Wildman–Crippen MR) is 69.6 cm³/mol. The van der Waals surface area contributed by atoms with E-state index in [1.807, 2.05) is 18.5 Å². The molecule has 1 aromatic heterocycles. The Balaban J connectivity index is 2.21. The summed E-state index contributed by atoms with van der Waals surface area (Å²) in [5, 5.41) is 3.36. The van der Waals surface area contributed by atoms with E-state index in [0.29, 0.717) is 0 Å². The molecule has 16 heavy (non-hydrogen) atoms. The topological polar surface area (TPSA) is 29.9 Å². The Morgan fingerprint density at radius 3 is 3.00 bits per heavy atom. The second-order valence-corrected chi connectivity index (χ2v) is 4.51. The van der Waals surface area contributed by atoms with E-state index in [-0.39, 0.29) is 0 Å². The number of anilines is 1. The van der Waals surface area contributed by atoms with Crippen molar-refractivity contribution in [1.29, 1.82) is 0 Å². The van der Waals surface area contributed by atoms with E-state index < -0.39 is 0 Å². The molecule has 0 radical (unpaired) electrons. The minimum Gasteiger partial charge on any atom is -0.356 e. The van der Waals surface area contributed by atoms with Gasteiger partial charge in [-0.15, -0.1) is 6.58 Å². The first-order chi connectivity index (χ1) is 7.74. The zero-order chi connectivity index (χ0) is 11.8. The number of nitrogens with zero attached hydrogens (tertiary/aromatic N) is 2. The zero-order valence-electron chi connectivity index (χ0n) is 10.4. The Morgan fingerprint density at radius 2 is 2.31 bits per heavy atom. The van der Waals surface area contributed by atoms with Gasteiger partial charge < -0.3 is 9.88 Å². The molecule has 0 saturated heterocycles. The lowest BCUT2D eigenvalue weighted by Crippen LogP contribution is -2.08. The molecule has 0 aromatic carbocycles. The van der Waals surface area contributed by atoms with Crippen LogP contribution in [0.4, 0.5) is 5.95 Å². The summed E-state index contributed by atoms with van der Waals surface area (Å²) in [6.45, 7) is 10.1. The SMILES string of the molecule is C=CCn1ccnc1NCCCCC(C)C. The Morgan fingerprint density at radius 1 is 1.50 bits per heavy atom. The number of nitrogens with one attached hydrogen (secondary N) is 1. The number of hydrogen-bond acceptors (Lipinski definition) is 2. The Kier molecular flexibility index (Phi) is 5.68. The lowest BCUT2D eigenvalue weighted by Gasteiger charge is -2.08. The van der Waals surface area contributed by atoms with Crippen LogP contribution in [0.25, 0.3) is 0 Å². The van der Waals surface area contributed by atoms with Crippen molar-refractivity contribution in [2.45, 2.75) is 39.7 Å². The molecule has 0 saturated carbocycles. The predicted octanol–water partition coefficient (Wildman–Crippen LogP) is 3.31. The number of aromatic nitrogens is 2. The minimum atomic E-state index is 0.808. The Bertz CT molecular complexity index is 302. The number of rotatable bonds is 8. The quantitative estimate of drug-likeness (QED) is 0.539. The van der Waals surface area contributed by atoms with Crippen molar-refractivity contribution in [2.75, 3.05) is 11.9 Å². The molecule has 1 N–H and O–H groups in total. The molecule has 3 nitrogen and oxygen atoms in total. The highest BCUT2D eigenvalue weighted by molar-refractivity contribution is 5.25. The summed E-state index contributed by atoms with van der Waals surface area (Å²) in [6.07, 6.45) is 9.47. The van der Waals surface area contributed by atoms with Gasteiger partial charge in [-0.2, -0.15) is 0 Å². The molecule has 0 atom stereocenters. The smallest absolute Gasteiger partial charge is 0.203 e. The number of allylic oxidation sites excluding steroid dienone is 1. The molecular formula is C13H23N3. The van der Waals surface area contributed by atoms with Gasteiger partial charge in [0.15, 0.2) is 0 Å². The number of imidazole rings is 1. The summed E-state index contributed by atoms with van der Waals surface area (Å²) in [7, 11) is 0. The monoisotopic (exact) mass is 221 g/mol. The molecule has 0 aliphatic rings. The Labute approximate surface area is 98.6 Å². The molecule has 1 aromatic rings. The molecule has 1 heterocycles. The first-order valence-electron chi connectivity index (χ1n) is 6.10. The van der Waals surface area contributed by atoms with Gasteiger partial charge >= 0.3 is 0 Å². The highest BCUT2D eigenvalue weighted by atomic mass is 15.2. The first-order valence-corrected chi connectivity index (χ1v) is 6.10. The van der Waals surface area contributed by atoms with E-state index >= 15 is 0 Å². The molecule has 0 bridgehead atoms. The lowest BCUT2D eigenvalue weighted by atomic mass is 10.1. The highest BCUT2D eigenvalue weighted by Gasteiger charge is 1.99. The normalized spacial score (nSPS) is 10.7. The fraction of sp³-hybridized carbons (Fsp3) is 0.615. The van der Waals surface area contributed by atoms with Crippen molar-refractivity contribution < 1.29 is 0 Å². The van der Waals surface area contributed by atoms with Crippen LogP contribution < -0.4 is 5.32 Å². The van der Waals surface area contributed by atoms with Crippen molar-refractivity contribution in [3.63, 3.8) is 0 Å². The van der Waals surface area contributed by atoms with Crippen LogP contribution in [-0.4, -0.2) is 16.1 Å². The van der Waals surface area contributed by atoms with E-state index in [9.17, 15) is 0 Å². The average Bonchev–Trinajstić information content (AvgIpc) is 2.65. The van der Waals surface area contributed by atoms with Crippen LogP contribution in [0.15, 0.2) is 25.0 Å². The lowest BCUT2D eigenvalue weighted by molar-refractivity contribution is 0.544. The van der Waals surface area contributed by atoms with E-state index in [2.05, 4.69) is 35.3 Å². The second-order valence-electron chi connectivity index (χ2n) is 4.51. The number of unbranched alkanes of at least 4 members (excludes halogenated alkanes) is 1. The van der Waals surface area contributed by atoms with Crippen LogP contribution in [0.2, 0.25) is 0 Å². The Hall–Kier alpha value is -1.25. The van der Waals surface area contributed by atoms with E-state index in [4.69, 9.17) is 0 Å². The molecule has 90 valence electrons. The van der Waals surface area contributed by atoms with Gasteiger partial charge in [0, 0.05) is 25.5 Å². The van der Waals surface area contributed by atoms with E-state index in [0.717, 1.165) is 25.0 Å². The van der Waals surface area contributed by atoms with Crippen molar-refractivity contribution in [3.8, 4) is 0 Å². The van der Waals surface area contributed by atoms with Crippen molar-refractivity contribution >= 4 is 5.95 Å². The van der Waals surface area contributed by atoms with Gasteiger partial charge in [-0.1, -0.05) is 32.8 Å². The summed E-state index contributed by atoms with van der Waals surface area (Å²) < 4.78 is 2.06. The fourth-order valence-corrected chi connectivity index (χ4v) is 1.64. The van der Waals surface area contributed by atoms with Crippen molar-refractivity contribution in [2.24, 2.45) is 5.92 Å². The largest absolute Gasteiger partial charge is 0.356 e. The van der Waals surface area contributed by atoms with E-state index in [1.54, 1.807) is 0 Å². The van der Waals surface area contributed by atoms with Crippen LogP contribution in [0.3, 0.4) is 0 Å². The third-order valence-corrected chi connectivity index (χ3v) is 2.53. The summed E-state index contributed by atoms with van der Waals surface area (Å²) >= 11 is 0. The molecule has 0 aliphatic heterocycles. The maximum absolute atomic E-state index is 4.27. The fourth-order valence-electron chi connectivity index (χ4n) is 1.64. The van der Waals surface area contributed by atoms with Crippen molar-refractivity contribution in [1.82, 2.24) is 9.55 Å². The molecule has 0 unspecified atom stereocenters. The van der Waals surface area contributed by atoms with Crippen LogP contribution in [-0.2, 0) is 6.54 Å². The van der Waals surface area contributed by atoms with Gasteiger partial charge in [0.25, 0.3) is 0 Å². The van der Waals surface area contributed by atoms with Gasteiger partial charge in [-0.25, -0.2) is 4.98 Å². The van der Waals surface area contributed by atoms with Gasteiger partial charge in [0.2, 0.25) is 5.95 Å². The molecule has 0 spiro atoms. The van der Waals surface area contributed by atoms with Crippen LogP contribution >= 0.6 is 0 Å². The molecule has 0 fully saturated rings. The van der Waals surface area contributed by atoms with E-state index in [1.165, 1.54) is 19.3 Å². The maximum Gasteiger partial charge on any atom is 0.203 e. The second kappa shape index (κ2) is 7.09. The third kappa shape index (κ3) is 4.51. The summed E-state index contributed by atoms with van der Waals surface area (Å²) in [5.41, 5.74) is 0. The molecular weight excluding hydrogens is 198 g/mol. The molecule has 0 aliphatic carbocycles.